The smallest absolute Gasteiger partial charge is 0.397 e. The van der Waals surface area contributed by atoms with E-state index < -0.39 is 23.3 Å². The van der Waals surface area contributed by atoms with Crippen LogP contribution in [0.2, 0.25) is 0 Å². The van der Waals surface area contributed by atoms with Gasteiger partial charge in [-0.05, 0) is 91.7 Å². The van der Waals surface area contributed by atoms with E-state index >= 15 is 0 Å². The van der Waals surface area contributed by atoms with E-state index in [-0.39, 0.29) is 46.4 Å². The molecule has 6 heterocycles. The molecule has 4 aliphatic heterocycles. The Hall–Kier alpha value is -3.95. The van der Waals surface area contributed by atoms with Gasteiger partial charge in [0.05, 0.1) is 39.9 Å². The fraction of sp³-hybridized carbons (Fsp3) is 0.538. The number of nitrogens with one attached hydrogen (secondary N) is 1. The van der Waals surface area contributed by atoms with Crippen molar-refractivity contribution in [2.24, 2.45) is 5.92 Å². The van der Waals surface area contributed by atoms with Crippen LogP contribution in [0.15, 0.2) is 51.9 Å². The number of rotatable bonds is 7. The molecule has 0 radical (unpaired) electrons. The third-order valence-electron chi connectivity index (χ3n) is 12.6. The molecular formula is C39H46BrF3N8O3. The molecule has 0 aliphatic carbocycles. The summed E-state index contributed by atoms with van der Waals surface area (Å²) in [6.07, 6.45) is 2.66. The number of aromatic nitrogens is 3. The fourth-order valence-corrected chi connectivity index (χ4v) is 10.1. The van der Waals surface area contributed by atoms with Crippen LogP contribution in [0.25, 0.3) is 21.9 Å². The number of carbonyl (C=O) groups excluding carboxylic acids is 2. The molecule has 2 aromatic heterocycles. The van der Waals surface area contributed by atoms with Crippen molar-refractivity contribution in [3.8, 4) is 0 Å². The van der Waals surface area contributed by atoms with Crippen LogP contribution in [0.1, 0.15) is 62.1 Å². The minimum absolute atomic E-state index is 0.0345. The zero-order valence-corrected chi connectivity index (χ0v) is 31.9. The van der Waals surface area contributed by atoms with Crippen LogP contribution in [0.3, 0.4) is 0 Å². The second kappa shape index (κ2) is 14.6. The third kappa shape index (κ3) is 7.03. The molecule has 4 aromatic rings. The maximum absolute atomic E-state index is 14.3. The molecule has 2 bridgehead atoms. The molecule has 2 aromatic carbocycles. The summed E-state index contributed by atoms with van der Waals surface area (Å²) in [6.45, 7) is 3.26. The van der Waals surface area contributed by atoms with Crippen LogP contribution in [-0.2, 0) is 22.2 Å². The number of nitrogens with zero attached hydrogens (tertiary/aromatic N) is 6. The molecule has 4 fully saturated rings. The Morgan fingerprint density at radius 2 is 1.63 bits per heavy atom. The number of para-hydroxylation sites is 1. The maximum Gasteiger partial charge on any atom is 0.418 e. The molecule has 11 nitrogen and oxygen atoms in total. The number of pyridine rings is 1. The number of alkyl halides is 3. The van der Waals surface area contributed by atoms with Crippen molar-refractivity contribution in [3.63, 3.8) is 0 Å². The van der Waals surface area contributed by atoms with E-state index in [1.165, 1.54) is 18.9 Å². The average molecular weight is 812 g/mol. The SMILES string of the molecule is CN1C2CCC1CC(N1CCN(C(=O)[C@H](CC(=O)N3CCC(n4c(=O)[nH]c5c6ccccc6ncc54)CC3)Cc3cc(Br)c(N)c(C(F)(F)F)c3)CC1)C2. The number of nitrogens with two attached hydrogens (primary N) is 1. The van der Waals surface area contributed by atoms with Crippen molar-refractivity contribution in [1.82, 2.24) is 34.1 Å². The van der Waals surface area contributed by atoms with Gasteiger partial charge >= 0.3 is 11.9 Å². The number of aromatic amines is 1. The van der Waals surface area contributed by atoms with Crippen LogP contribution in [0.5, 0.6) is 0 Å². The Kier molecular flexibility index (Phi) is 10.0. The van der Waals surface area contributed by atoms with Crippen LogP contribution in [0.4, 0.5) is 18.9 Å². The zero-order chi connectivity index (χ0) is 37.9. The predicted octanol–water partition coefficient (Wildman–Crippen LogP) is 5.42. The number of imidazole rings is 1. The van der Waals surface area contributed by atoms with Gasteiger partial charge in [-0.25, -0.2) is 4.79 Å². The summed E-state index contributed by atoms with van der Waals surface area (Å²) < 4.78 is 43.7. The number of nitrogen functional groups attached to an aromatic ring is 1. The molecule has 8 rings (SSSR count). The second-order valence-corrected chi connectivity index (χ2v) is 16.5. The molecule has 3 N–H and O–H groups in total. The first kappa shape index (κ1) is 37.0. The Labute approximate surface area is 319 Å². The number of anilines is 1. The predicted molar refractivity (Wildman–Crippen MR) is 204 cm³/mol. The summed E-state index contributed by atoms with van der Waals surface area (Å²) in [5.41, 5.74) is 6.71. The van der Waals surface area contributed by atoms with E-state index in [4.69, 9.17) is 5.73 Å². The Morgan fingerprint density at radius 1 is 0.944 bits per heavy atom. The van der Waals surface area contributed by atoms with Crippen molar-refractivity contribution in [2.45, 2.75) is 81.7 Å². The molecule has 54 heavy (non-hydrogen) atoms. The number of hydrogen-bond donors (Lipinski definition) is 2. The molecule has 2 unspecified atom stereocenters. The first-order valence-electron chi connectivity index (χ1n) is 19.0. The van der Waals surface area contributed by atoms with Gasteiger partial charge in [-0.15, -0.1) is 0 Å². The highest BCUT2D eigenvalue weighted by Gasteiger charge is 2.42. The van der Waals surface area contributed by atoms with Gasteiger partial charge in [0.15, 0.2) is 0 Å². The van der Waals surface area contributed by atoms with Gasteiger partial charge in [0, 0.05) is 79.7 Å². The van der Waals surface area contributed by atoms with Crippen LogP contribution < -0.4 is 11.4 Å². The first-order chi connectivity index (χ1) is 25.9. The van der Waals surface area contributed by atoms with Crippen LogP contribution in [-0.4, -0.2) is 110 Å². The lowest BCUT2D eigenvalue weighted by molar-refractivity contribution is -0.143. The molecule has 4 aliphatic rings. The fourth-order valence-electron chi connectivity index (χ4n) is 9.60. The van der Waals surface area contributed by atoms with Gasteiger partial charge in [0.25, 0.3) is 0 Å². The van der Waals surface area contributed by atoms with Gasteiger partial charge < -0.3 is 25.4 Å². The van der Waals surface area contributed by atoms with Gasteiger partial charge in [0.1, 0.15) is 0 Å². The number of piperazine rings is 1. The van der Waals surface area contributed by atoms with Gasteiger partial charge in [0.2, 0.25) is 11.8 Å². The van der Waals surface area contributed by atoms with Crippen LogP contribution >= 0.6 is 15.9 Å². The molecular weight excluding hydrogens is 765 g/mol. The number of fused-ring (bicyclic) bond motifs is 5. The Balaban J connectivity index is 0.970. The molecule has 2 amide bonds. The van der Waals surface area contributed by atoms with Gasteiger partial charge in [-0.1, -0.05) is 18.2 Å². The zero-order valence-electron chi connectivity index (χ0n) is 30.3. The Morgan fingerprint density at radius 3 is 2.31 bits per heavy atom. The Bertz CT molecular complexity index is 2110. The highest BCUT2D eigenvalue weighted by Crippen LogP contribution is 2.39. The van der Waals surface area contributed by atoms with Crippen molar-refractivity contribution in [3.05, 3.63) is 68.7 Å². The summed E-state index contributed by atoms with van der Waals surface area (Å²) in [6, 6.07) is 11.7. The largest absolute Gasteiger partial charge is 0.418 e. The molecule has 3 atom stereocenters. The average Bonchev–Trinajstić information content (AvgIpc) is 3.58. The summed E-state index contributed by atoms with van der Waals surface area (Å²) in [5, 5.41) is 0.861. The van der Waals surface area contributed by atoms with Crippen LogP contribution in [0, 0.1) is 5.92 Å². The number of likely N-dealkylation sites (tertiary alicyclic amines) is 1. The third-order valence-corrected chi connectivity index (χ3v) is 13.3. The summed E-state index contributed by atoms with van der Waals surface area (Å²) in [5.74, 6) is -1.29. The lowest BCUT2D eigenvalue weighted by atomic mass is 9.91. The minimum Gasteiger partial charge on any atom is -0.397 e. The number of piperidine rings is 2. The van der Waals surface area contributed by atoms with E-state index in [9.17, 15) is 27.6 Å². The van der Waals surface area contributed by atoms with Crippen molar-refractivity contribution in [2.75, 3.05) is 52.0 Å². The van der Waals surface area contributed by atoms with E-state index in [2.05, 4.69) is 42.7 Å². The van der Waals surface area contributed by atoms with Gasteiger partial charge in [-0.2, -0.15) is 13.2 Å². The van der Waals surface area contributed by atoms with E-state index in [0.29, 0.717) is 62.7 Å². The highest BCUT2D eigenvalue weighted by atomic mass is 79.9. The summed E-state index contributed by atoms with van der Waals surface area (Å²) in [7, 11) is 2.22. The molecule has 15 heteroatoms. The number of benzene rings is 2. The molecule has 288 valence electrons. The van der Waals surface area contributed by atoms with Crippen molar-refractivity contribution in [1.29, 1.82) is 0 Å². The minimum atomic E-state index is -4.68. The number of amides is 2. The number of H-pyrrole nitrogens is 1. The number of halogens is 4. The van der Waals surface area contributed by atoms with E-state index in [1.807, 2.05) is 24.3 Å². The lowest BCUT2D eigenvalue weighted by Gasteiger charge is -2.45. The number of hydrogen-bond acceptors (Lipinski definition) is 7. The lowest BCUT2D eigenvalue weighted by Crippen LogP contribution is -2.56. The first-order valence-corrected chi connectivity index (χ1v) is 19.8. The summed E-state index contributed by atoms with van der Waals surface area (Å²) in [4.78, 5) is 57.5. The molecule has 0 saturated carbocycles. The van der Waals surface area contributed by atoms with E-state index in [0.717, 1.165) is 48.4 Å². The second-order valence-electron chi connectivity index (χ2n) is 15.6. The number of carbonyl (C=O) groups is 2. The molecule has 4 saturated heterocycles. The standard InChI is InChI=1S/C39H46BrF3N8O3/c1-47-26-6-7-27(47)21-28(20-26)48-12-14-50(15-13-48)37(53)24(16-23-17-30(39(41,42)43)35(44)31(40)18-23)19-34(52)49-10-8-25(9-11-49)51-33-22-45-32-5-3-2-4-29(32)36(33)46-38(51)54/h2-5,17-18,22,24-28H,6-16,19-21,44H2,1H3,(H,46,54)/t24-,26?,27?,28?/m0/s1. The normalized spacial score (nSPS) is 23.8. The van der Waals surface area contributed by atoms with Crippen molar-refractivity contribution >= 4 is 55.4 Å². The summed E-state index contributed by atoms with van der Waals surface area (Å²) >= 11 is 3.19. The van der Waals surface area contributed by atoms with Crippen molar-refractivity contribution < 1.29 is 22.8 Å². The maximum atomic E-state index is 14.3. The quantitative estimate of drug-likeness (QED) is 0.239. The monoisotopic (exact) mass is 810 g/mol. The van der Waals surface area contributed by atoms with E-state index in [1.54, 1.807) is 20.6 Å². The van der Waals surface area contributed by atoms with Gasteiger partial charge in [-0.3, -0.25) is 24.0 Å². The topological polar surface area (TPSA) is 124 Å². The highest BCUT2D eigenvalue weighted by molar-refractivity contribution is 9.10. The molecule has 0 spiro atoms.